The Bertz CT molecular complexity index is 1680. The van der Waals surface area contributed by atoms with Crippen molar-refractivity contribution in [2.75, 3.05) is 40.9 Å². The first-order valence-electron chi connectivity index (χ1n) is 31.9. The van der Waals surface area contributed by atoms with Crippen LogP contribution in [0.25, 0.3) is 0 Å². The number of hydrogen-bond acceptors (Lipinski definition) is 5. The van der Waals surface area contributed by atoms with Crippen LogP contribution in [0.1, 0.15) is 258 Å². The van der Waals surface area contributed by atoms with E-state index in [2.05, 4.69) is 129 Å². The van der Waals surface area contributed by atoms with Crippen LogP contribution in [0.15, 0.2) is 122 Å². The molecule has 0 aliphatic rings. The number of nitrogens with zero attached hydrogens (tertiary/aromatic N) is 1. The van der Waals surface area contributed by atoms with Crippen LogP contribution in [0, 0.1) is 0 Å². The lowest BCUT2D eigenvalue weighted by Gasteiger charge is -2.25. The fraction of sp³-hybridized carbons (Fsp3) is 0.696. The lowest BCUT2D eigenvalue weighted by Crippen LogP contribution is -2.45. The summed E-state index contributed by atoms with van der Waals surface area (Å²) in [6.45, 7) is 4.67. The fourth-order valence-corrected chi connectivity index (χ4v) is 9.44. The van der Waals surface area contributed by atoms with E-state index in [0.717, 1.165) is 89.9 Å². The topological polar surface area (TPSA) is 105 Å². The second kappa shape index (κ2) is 58.6. The summed E-state index contributed by atoms with van der Waals surface area (Å²) in [4.78, 5) is 23.3. The van der Waals surface area contributed by atoms with Crippen LogP contribution in [0.4, 0.5) is 0 Å². The van der Waals surface area contributed by atoms with Gasteiger partial charge in [-0.05, 0) is 103 Å². The Labute approximate surface area is 482 Å². The van der Waals surface area contributed by atoms with Crippen LogP contribution < -0.4 is 5.32 Å². The number of aliphatic hydroxyl groups is 1. The smallest absolute Gasteiger partial charge is 0.387 e. The molecule has 0 aromatic carbocycles. The molecule has 0 aromatic heterocycles. The van der Waals surface area contributed by atoms with Crippen LogP contribution in [-0.2, 0) is 18.4 Å². The van der Waals surface area contributed by atoms with Gasteiger partial charge in [-0.2, -0.15) is 0 Å². The Morgan fingerprint density at radius 1 is 0.449 bits per heavy atom. The van der Waals surface area contributed by atoms with E-state index in [-0.39, 0.29) is 19.1 Å². The summed E-state index contributed by atoms with van der Waals surface area (Å²) in [5, 5.41) is 13.9. The number of unbranched alkanes of at least 4 members (excludes halogenated alkanes) is 26. The second-order valence-electron chi connectivity index (χ2n) is 22.4. The van der Waals surface area contributed by atoms with Crippen molar-refractivity contribution in [3.8, 4) is 0 Å². The highest BCUT2D eigenvalue weighted by Crippen LogP contribution is 2.43. The molecule has 78 heavy (non-hydrogen) atoms. The molecule has 0 spiro atoms. The van der Waals surface area contributed by atoms with Gasteiger partial charge in [-0.15, -0.1) is 0 Å². The van der Waals surface area contributed by atoms with Crippen molar-refractivity contribution >= 4 is 13.7 Å². The molecule has 0 saturated carbocycles. The largest absolute Gasteiger partial charge is 0.472 e. The van der Waals surface area contributed by atoms with Gasteiger partial charge in [0.05, 0.1) is 39.9 Å². The summed E-state index contributed by atoms with van der Waals surface area (Å²) in [6, 6.07) is -0.876. The monoisotopic (exact) mass is 1110 g/mol. The van der Waals surface area contributed by atoms with Crippen LogP contribution in [0.3, 0.4) is 0 Å². The van der Waals surface area contributed by atoms with Gasteiger partial charge in [0.15, 0.2) is 0 Å². The Morgan fingerprint density at radius 3 is 1.18 bits per heavy atom. The molecule has 3 N–H and O–H groups in total. The zero-order valence-electron chi connectivity index (χ0n) is 51.1. The lowest BCUT2D eigenvalue weighted by atomic mass is 10.0. The number of aliphatic hydroxyl groups excluding tert-OH is 1. The van der Waals surface area contributed by atoms with E-state index in [1.807, 2.05) is 27.2 Å². The fourth-order valence-electron chi connectivity index (χ4n) is 8.70. The maximum Gasteiger partial charge on any atom is 0.472 e. The van der Waals surface area contributed by atoms with Crippen molar-refractivity contribution in [2.24, 2.45) is 0 Å². The number of phosphoric ester groups is 1. The third kappa shape index (κ3) is 60.5. The van der Waals surface area contributed by atoms with E-state index in [0.29, 0.717) is 17.4 Å². The average Bonchev–Trinajstić information content (AvgIpc) is 3.40. The first-order valence-corrected chi connectivity index (χ1v) is 33.4. The molecular formula is C69H122N2O6P+. The minimum absolute atomic E-state index is 0.0498. The normalized spacial score (nSPS) is 14.6. The highest BCUT2D eigenvalue weighted by Gasteiger charge is 2.27. The molecule has 0 fully saturated rings. The number of likely N-dealkylation sites (N-methyl/N-ethyl adjacent to an activating group) is 1. The molecule has 0 rings (SSSR count). The number of carbonyl (C=O) groups is 1. The molecular weight excluding hydrogens is 984 g/mol. The quantitative estimate of drug-likeness (QED) is 0.0243. The number of phosphoric acid groups is 1. The summed E-state index contributed by atoms with van der Waals surface area (Å²) < 4.78 is 23.7. The van der Waals surface area contributed by atoms with Crippen molar-refractivity contribution in [2.45, 2.75) is 270 Å². The van der Waals surface area contributed by atoms with Gasteiger partial charge in [-0.25, -0.2) is 4.57 Å². The van der Waals surface area contributed by atoms with Gasteiger partial charge in [0.2, 0.25) is 5.91 Å². The Balaban J connectivity index is 4.06. The maximum atomic E-state index is 13.0. The number of quaternary nitrogens is 1. The minimum atomic E-state index is -4.37. The molecule has 3 atom stereocenters. The predicted octanol–water partition coefficient (Wildman–Crippen LogP) is 20.1. The molecule has 0 aliphatic carbocycles. The molecule has 0 saturated heterocycles. The van der Waals surface area contributed by atoms with Crippen molar-refractivity contribution in [3.63, 3.8) is 0 Å². The minimum Gasteiger partial charge on any atom is -0.387 e. The second-order valence-corrected chi connectivity index (χ2v) is 23.8. The summed E-state index contributed by atoms with van der Waals surface area (Å²) in [6.07, 6.45) is 87.6. The number of carbonyl (C=O) groups excluding carboxylic acids is 1. The van der Waals surface area contributed by atoms with Crippen LogP contribution in [-0.4, -0.2) is 73.4 Å². The molecule has 0 radical (unpaired) electrons. The molecule has 0 aromatic rings. The van der Waals surface area contributed by atoms with Crippen molar-refractivity contribution < 1.29 is 32.9 Å². The van der Waals surface area contributed by atoms with Crippen LogP contribution in [0.2, 0.25) is 0 Å². The van der Waals surface area contributed by atoms with E-state index in [1.165, 1.54) is 148 Å². The SMILES string of the molecule is CC/C=C\C/C=C\C/C=C\C/C=C\C/C=C\C/C=C\C/C=C\CCCCCCCCCCCCCCCCCCCC(=O)NC(COP(=O)(O)OCC[N+](C)(C)C)C(O)/C=C/CC/C=C/CC/C=C/CCCCCCCCC. The zero-order valence-corrected chi connectivity index (χ0v) is 52.0. The maximum absolute atomic E-state index is 13.0. The van der Waals surface area contributed by atoms with E-state index >= 15 is 0 Å². The van der Waals surface area contributed by atoms with Gasteiger partial charge >= 0.3 is 7.82 Å². The number of allylic oxidation sites excluding steroid dienone is 19. The third-order valence-corrected chi connectivity index (χ3v) is 14.6. The Hall–Kier alpha value is -3.10. The first kappa shape index (κ1) is 74.9. The summed E-state index contributed by atoms with van der Waals surface area (Å²) in [5.74, 6) is -0.193. The highest BCUT2D eigenvalue weighted by molar-refractivity contribution is 7.47. The van der Waals surface area contributed by atoms with Gasteiger partial charge in [-0.1, -0.05) is 270 Å². The molecule has 1 amide bonds. The summed E-state index contributed by atoms with van der Waals surface area (Å²) >= 11 is 0. The van der Waals surface area contributed by atoms with E-state index < -0.39 is 20.0 Å². The number of nitrogens with one attached hydrogen (secondary N) is 1. The summed E-state index contributed by atoms with van der Waals surface area (Å²) in [7, 11) is 1.54. The van der Waals surface area contributed by atoms with Crippen LogP contribution >= 0.6 is 7.82 Å². The van der Waals surface area contributed by atoms with Crippen molar-refractivity contribution in [1.82, 2.24) is 5.32 Å². The van der Waals surface area contributed by atoms with Gasteiger partial charge in [-0.3, -0.25) is 13.8 Å². The highest BCUT2D eigenvalue weighted by atomic mass is 31.2. The molecule has 9 heteroatoms. The zero-order chi connectivity index (χ0) is 57.0. The van der Waals surface area contributed by atoms with Crippen molar-refractivity contribution in [3.05, 3.63) is 122 Å². The molecule has 0 aliphatic heterocycles. The molecule has 0 heterocycles. The molecule has 8 nitrogen and oxygen atoms in total. The first-order chi connectivity index (χ1) is 38.0. The van der Waals surface area contributed by atoms with E-state index in [1.54, 1.807) is 6.08 Å². The van der Waals surface area contributed by atoms with Gasteiger partial charge < -0.3 is 19.8 Å². The van der Waals surface area contributed by atoms with Gasteiger partial charge in [0.1, 0.15) is 13.2 Å². The lowest BCUT2D eigenvalue weighted by molar-refractivity contribution is -0.870. The van der Waals surface area contributed by atoms with Crippen molar-refractivity contribution in [1.29, 1.82) is 0 Å². The molecule has 0 bridgehead atoms. The van der Waals surface area contributed by atoms with Gasteiger partial charge in [0.25, 0.3) is 0 Å². The average molecular weight is 1110 g/mol. The van der Waals surface area contributed by atoms with Crippen LogP contribution in [0.5, 0.6) is 0 Å². The molecule has 3 unspecified atom stereocenters. The predicted molar refractivity (Wildman–Crippen MR) is 341 cm³/mol. The Morgan fingerprint density at radius 2 is 0.782 bits per heavy atom. The summed E-state index contributed by atoms with van der Waals surface area (Å²) in [5.41, 5.74) is 0. The Kier molecular flexibility index (Phi) is 56.2. The van der Waals surface area contributed by atoms with Gasteiger partial charge in [0, 0.05) is 6.42 Å². The standard InChI is InChI=1S/C69H121N2O6P/c1-6-8-10-12-14-16-18-20-22-24-25-26-27-28-29-30-31-32-33-34-35-36-37-38-39-40-41-42-43-44-45-47-49-51-53-55-57-59-61-63-69(73)70-67(66-77-78(74,75)76-65-64-71(3,4)5)68(72)62-60-58-56-54-52-50-48-46-23-21-19-17-15-13-11-9-7-2/h8,10,14,16,20,22-23,25-26,28-29,31-32,34-35,46,52,54,60,62,67-68,72H,6-7,9,11-13,15,17-19,21,24,27,30,33,36-45,47-51,53,55-59,61,63-66H2,1-5H3,(H-,70,73,74,75)/p+1/b10-8-,16-14-,22-20-,26-25-,29-28-,32-31-,35-34-,46-23+,54-52+,62-60+. The van der Waals surface area contributed by atoms with E-state index in [9.17, 15) is 19.4 Å². The number of hydrogen-bond donors (Lipinski definition) is 3. The van der Waals surface area contributed by atoms with E-state index in [4.69, 9.17) is 9.05 Å². The number of amides is 1. The molecule has 448 valence electrons. The third-order valence-electron chi connectivity index (χ3n) is 13.6. The number of rotatable bonds is 57.